The minimum absolute atomic E-state index is 0.0611. The molecule has 1 unspecified atom stereocenters. The third-order valence-corrected chi connectivity index (χ3v) is 8.63. The third kappa shape index (κ3) is 10.8. The van der Waals surface area contributed by atoms with E-state index in [1.165, 1.54) is 4.90 Å². The molecule has 262 valence electrons. The molecule has 9 N–H and O–H groups in total. The van der Waals surface area contributed by atoms with Gasteiger partial charge in [0.1, 0.15) is 24.2 Å². The van der Waals surface area contributed by atoms with E-state index < -0.39 is 54.3 Å². The van der Waals surface area contributed by atoms with E-state index in [0.29, 0.717) is 25.7 Å². The van der Waals surface area contributed by atoms with Crippen LogP contribution in [0.2, 0.25) is 0 Å². The van der Waals surface area contributed by atoms with Gasteiger partial charge in [-0.1, -0.05) is 60.7 Å². The molecule has 2 aromatic rings. The largest absolute Gasteiger partial charge is 0.481 e. The van der Waals surface area contributed by atoms with Crippen molar-refractivity contribution in [3.63, 3.8) is 0 Å². The Bertz CT molecular complexity index is 1510. The van der Waals surface area contributed by atoms with Gasteiger partial charge in [0.2, 0.25) is 29.5 Å². The summed E-state index contributed by atoms with van der Waals surface area (Å²) in [4.78, 5) is 79.7. The Morgan fingerprint density at radius 1 is 0.857 bits per heavy atom. The number of fused-ring (bicyclic) bond motifs is 1. The Labute approximate surface area is 284 Å². The summed E-state index contributed by atoms with van der Waals surface area (Å²) < 4.78 is 0. The van der Waals surface area contributed by atoms with E-state index in [1.54, 1.807) is 24.3 Å². The maximum absolute atomic E-state index is 13.7. The lowest BCUT2D eigenvalue weighted by molar-refractivity contribution is -0.146. The van der Waals surface area contributed by atoms with Crippen molar-refractivity contribution in [2.75, 3.05) is 6.54 Å². The van der Waals surface area contributed by atoms with Crippen LogP contribution in [-0.2, 0) is 41.7 Å². The summed E-state index contributed by atoms with van der Waals surface area (Å²) in [5.41, 5.74) is 6.95. The summed E-state index contributed by atoms with van der Waals surface area (Å²) >= 11 is 0. The first-order valence-corrected chi connectivity index (χ1v) is 16.4. The molecule has 49 heavy (non-hydrogen) atoms. The van der Waals surface area contributed by atoms with E-state index in [2.05, 4.69) is 26.6 Å². The number of carboxylic acid groups (broad SMARTS) is 1. The number of carboxylic acids is 1. The third-order valence-electron chi connectivity index (χ3n) is 8.63. The number of carbonyl (C=O) groups excluding carboxylic acids is 5. The molecule has 2 saturated heterocycles. The van der Waals surface area contributed by atoms with Crippen LogP contribution in [0.4, 0.5) is 0 Å². The van der Waals surface area contributed by atoms with Gasteiger partial charge in [-0.15, -0.1) is 0 Å². The molecule has 2 aliphatic rings. The second-order valence-corrected chi connectivity index (χ2v) is 12.3. The van der Waals surface area contributed by atoms with Crippen LogP contribution in [0.25, 0.3) is 0 Å². The van der Waals surface area contributed by atoms with E-state index in [-0.39, 0.29) is 56.2 Å². The first-order chi connectivity index (χ1) is 23.5. The number of hydrogen-bond acceptors (Lipinski definition) is 7. The molecule has 0 saturated carbocycles. The van der Waals surface area contributed by atoms with E-state index in [4.69, 9.17) is 11.1 Å². The molecule has 4 rings (SSSR count). The van der Waals surface area contributed by atoms with Crippen LogP contribution in [0.3, 0.4) is 0 Å². The number of piperidine rings is 1. The van der Waals surface area contributed by atoms with Gasteiger partial charge in [-0.25, -0.2) is 0 Å². The van der Waals surface area contributed by atoms with Gasteiger partial charge in [0, 0.05) is 19.1 Å². The molecular formula is C34H44N8O7. The second kappa shape index (κ2) is 17.6. The van der Waals surface area contributed by atoms with Crippen molar-refractivity contribution in [3.05, 3.63) is 71.8 Å². The minimum Gasteiger partial charge on any atom is -0.481 e. The normalized spacial score (nSPS) is 19.5. The summed E-state index contributed by atoms with van der Waals surface area (Å²) in [6, 6.07) is 13.6. The van der Waals surface area contributed by atoms with Gasteiger partial charge in [-0.05, 0) is 49.7 Å². The van der Waals surface area contributed by atoms with Crippen molar-refractivity contribution in [3.8, 4) is 0 Å². The van der Waals surface area contributed by atoms with Crippen LogP contribution in [0, 0.1) is 5.41 Å². The highest BCUT2D eigenvalue weighted by Gasteiger charge is 2.47. The van der Waals surface area contributed by atoms with Gasteiger partial charge in [-0.2, -0.15) is 0 Å². The molecule has 0 aromatic heterocycles. The Morgan fingerprint density at radius 3 is 2.16 bits per heavy atom. The monoisotopic (exact) mass is 676 g/mol. The summed E-state index contributed by atoms with van der Waals surface area (Å²) in [5, 5.41) is 30.1. The molecule has 15 heteroatoms. The number of guanidine groups is 1. The van der Waals surface area contributed by atoms with Crippen LogP contribution in [0.15, 0.2) is 60.7 Å². The number of amides is 5. The van der Waals surface area contributed by atoms with Crippen molar-refractivity contribution >= 4 is 41.5 Å². The first-order valence-electron chi connectivity index (χ1n) is 16.4. The topological polar surface area (TPSA) is 236 Å². The molecule has 2 fully saturated rings. The lowest BCUT2D eigenvalue weighted by Crippen LogP contribution is -2.60. The maximum atomic E-state index is 13.7. The van der Waals surface area contributed by atoms with Gasteiger partial charge >= 0.3 is 5.97 Å². The Kier molecular flexibility index (Phi) is 13.1. The zero-order chi connectivity index (χ0) is 35.3. The maximum Gasteiger partial charge on any atom is 0.305 e. The van der Waals surface area contributed by atoms with Gasteiger partial charge in [0.25, 0.3) is 0 Å². The predicted octanol–water partition coefficient (Wildman–Crippen LogP) is -0.109. The van der Waals surface area contributed by atoms with E-state index in [1.807, 2.05) is 36.4 Å². The Morgan fingerprint density at radius 2 is 1.51 bits per heavy atom. The number of aliphatic carboxylic acids is 1. The van der Waals surface area contributed by atoms with Gasteiger partial charge in [0.15, 0.2) is 5.96 Å². The summed E-state index contributed by atoms with van der Waals surface area (Å²) in [6.07, 6.45) is 1.75. The highest BCUT2D eigenvalue weighted by Crippen LogP contribution is 2.33. The molecule has 0 bridgehead atoms. The fourth-order valence-electron chi connectivity index (χ4n) is 6.21. The van der Waals surface area contributed by atoms with Crippen LogP contribution in [-0.4, -0.2) is 88.2 Å². The highest BCUT2D eigenvalue weighted by atomic mass is 16.4. The van der Waals surface area contributed by atoms with E-state index >= 15 is 0 Å². The molecule has 0 spiro atoms. The number of rotatable bonds is 16. The predicted molar refractivity (Wildman–Crippen MR) is 179 cm³/mol. The van der Waals surface area contributed by atoms with Crippen LogP contribution >= 0.6 is 0 Å². The molecule has 15 nitrogen and oxygen atoms in total. The lowest BCUT2D eigenvalue weighted by atomic mass is 9.97. The number of carbonyl (C=O) groups is 6. The van der Waals surface area contributed by atoms with Crippen molar-refractivity contribution in [1.29, 1.82) is 5.41 Å². The van der Waals surface area contributed by atoms with E-state index in [9.17, 15) is 33.9 Å². The Balaban J connectivity index is 1.42. The van der Waals surface area contributed by atoms with Crippen molar-refractivity contribution in [2.24, 2.45) is 5.73 Å². The summed E-state index contributed by atoms with van der Waals surface area (Å²) in [7, 11) is 0. The van der Waals surface area contributed by atoms with Gasteiger partial charge in [-0.3, -0.25) is 34.2 Å². The fourth-order valence-corrected chi connectivity index (χ4v) is 6.21. The average molecular weight is 677 g/mol. The second-order valence-electron chi connectivity index (χ2n) is 12.3. The zero-order valence-corrected chi connectivity index (χ0v) is 27.2. The van der Waals surface area contributed by atoms with Gasteiger partial charge < -0.3 is 42.3 Å². The first kappa shape index (κ1) is 36.4. The highest BCUT2D eigenvalue weighted by molar-refractivity contribution is 5.97. The summed E-state index contributed by atoms with van der Waals surface area (Å²) in [5.74, 6) is -4.30. The Hall–Kier alpha value is -5.47. The van der Waals surface area contributed by atoms with Crippen molar-refractivity contribution in [1.82, 2.24) is 31.5 Å². The van der Waals surface area contributed by atoms with Gasteiger partial charge in [0.05, 0.1) is 12.8 Å². The fraction of sp³-hybridized carbons (Fsp3) is 0.441. The zero-order valence-electron chi connectivity index (χ0n) is 27.2. The molecule has 5 atom stereocenters. The molecule has 2 heterocycles. The number of nitrogens with one attached hydrogen (secondary N) is 6. The van der Waals surface area contributed by atoms with Crippen molar-refractivity contribution in [2.45, 2.75) is 88.1 Å². The summed E-state index contributed by atoms with van der Waals surface area (Å²) in [6.45, 7) is 0.328. The van der Waals surface area contributed by atoms with Crippen LogP contribution < -0.4 is 32.3 Å². The minimum atomic E-state index is -1.43. The smallest absolute Gasteiger partial charge is 0.305 e. The molecule has 0 radical (unpaired) electrons. The molecule has 2 aliphatic heterocycles. The molecule has 0 aliphatic carbocycles. The number of hydrogen-bond donors (Lipinski definition) is 8. The number of nitrogens with zero attached hydrogens (tertiary/aromatic N) is 1. The lowest BCUT2D eigenvalue weighted by Gasteiger charge is -2.38. The quantitative estimate of drug-likeness (QED) is 0.0672. The molecule has 5 amide bonds. The van der Waals surface area contributed by atoms with Crippen molar-refractivity contribution < 1.29 is 33.9 Å². The molecular weight excluding hydrogens is 632 g/mol. The standard InChI is InChI=1S/C34H44N8O7/c35-34(36)37-17-7-12-24(31(47)41-26(19-29(44)45)30(46)38-20-22-10-5-2-6-11-22)40-32(48)27-16-14-23-13-15-25(33(49)42(23)27)39-28(43)18-21-8-3-1-4-9-21/h1-6,8-11,23-27H,7,12-20H2,(H,38,46)(H,39,43)(H,40,48)(H,41,47)(H,44,45)(H4,35,36,37)/t23-,24-,25?,26-,27-/m0/s1. The SMILES string of the molecule is N=C(N)NCCC[C@H](NC(=O)[C@@H]1CC[C@@H]2CCC(NC(=O)Cc3ccccc3)C(=O)N21)C(=O)N[C@@H](CC(=O)O)C(=O)NCc1ccccc1. The van der Waals surface area contributed by atoms with Crippen LogP contribution in [0.5, 0.6) is 0 Å². The number of benzene rings is 2. The van der Waals surface area contributed by atoms with E-state index in [0.717, 1.165) is 11.1 Å². The van der Waals surface area contributed by atoms with Crippen LogP contribution in [0.1, 0.15) is 56.1 Å². The number of nitrogens with two attached hydrogens (primary N) is 1. The molecule has 2 aromatic carbocycles. The average Bonchev–Trinajstić information content (AvgIpc) is 3.52.